The average Bonchev–Trinajstić information content (AvgIpc) is 2.83. The lowest BCUT2D eigenvalue weighted by atomic mass is 10.0. The molecule has 0 radical (unpaired) electrons. The van der Waals surface area contributed by atoms with E-state index in [1.165, 1.54) is 38.6 Å². The number of rotatable bonds is 6. The van der Waals surface area contributed by atoms with Gasteiger partial charge in [-0.15, -0.1) is 0 Å². The molecule has 0 bridgehead atoms. The van der Waals surface area contributed by atoms with Gasteiger partial charge in [-0.2, -0.15) is 26.3 Å². The van der Waals surface area contributed by atoms with Gasteiger partial charge in [-0.3, -0.25) is 9.97 Å². The molecule has 13 heteroatoms. The molecular weight excluding hydrogens is 492 g/mol. The summed E-state index contributed by atoms with van der Waals surface area (Å²) in [6, 6.07) is 6.85. The van der Waals surface area contributed by atoms with Crippen LogP contribution >= 0.6 is 0 Å². The molecule has 0 aliphatic carbocycles. The van der Waals surface area contributed by atoms with E-state index in [-0.39, 0.29) is 29.4 Å². The number of pyridine rings is 2. The van der Waals surface area contributed by atoms with Crippen LogP contribution in [0.15, 0.2) is 48.9 Å². The van der Waals surface area contributed by atoms with Gasteiger partial charge in [0.1, 0.15) is 11.6 Å². The van der Waals surface area contributed by atoms with Crippen molar-refractivity contribution in [3.63, 3.8) is 0 Å². The predicted molar refractivity (Wildman–Crippen MR) is 118 cm³/mol. The minimum atomic E-state index is -4.69. The van der Waals surface area contributed by atoms with Crippen molar-refractivity contribution in [3.8, 4) is 17.0 Å². The van der Waals surface area contributed by atoms with Crippen molar-refractivity contribution in [2.75, 3.05) is 19.5 Å². The molecule has 1 N–H and O–H groups in total. The van der Waals surface area contributed by atoms with E-state index in [1.54, 1.807) is 6.07 Å². The van der Waals surface area contributed by atoms with Crippen molar-refractivity contribution in [2.24, 2.45) is 0 Å². The highest BCUT2D eigenvalue weighted by atomic mass is 19.4. The van der Waals surface area contributed by atoms with E-state index in [2.05, 4.69) is 25.3 Å². The van der Waals surface area contributed by atoms with Gasteiger partial charge in [-0.1, -0.05) is 12.1 Å². The molecule has 0 fully saturated rings. The first kappa shape index (κ1) is 25.1. The zero-order valence-electron chi connectivity index (χ0n) is 18.7. The maximum absolute atomic E-state index is 13.7. The standard InChI is InChI=1S/C23H17F6N5O2/c1-35-11-13-6-18(34-20-10-30-19(9-31-20)23(27,28)29)15-4-3-12(5-17(15)33-13)21-16(22(24,25)26)7-14(36-2)8-32-21/h3-10H,11H2,1-2H3,(H,31,33,34). The Hall–Kier alpha value is -4.00. The second-order valence-corrected chi connectivity index (χ2v) is 7.50. The number of fused-ring (bicyclic) bond motifs is 1. The summed E-state index contributed by atoms with van der Waals surface area (Å²) in [7, 11) is 2.68. The number of halogens is 6. The monoisotopic (exact) mass is 509 g/mol. The Kier molecular flexibility index (Phi) is 6.67. The molecule has 3 aromatic heterocycles. The van der Waals surface area contributed by atoms with Crippen LogP contribution in [0.1, 0.15) is 17.0 Å². The van der Waals surface area contributed by atoms with Crippen LogP contribution in [-0.4, -0.2) is 34.2 Å². The number of nitrogens with one attached hydrogen (secondary N) is 1. The third-order valence-electron chi connectivity index (χ3n) is 5.04. The third-order valence-corrected chi connectivity index (χ3v) is 5.04. The molecule has 0 aliphatic heterocycles. The van der Waals surface area contributed by atoms with E-state index in [4.69, 9.17) is 9.47 Å². The summed E-state index contributed by atoms with van der Waals surface area (Å²) >= 11 is 0. The lowest BCUT2D eigenvalue weighted by molar-refractivity contribution is -0.141. The largest absolute Gasteiger partial charge is 0.495 e. The second-order valence-electron chi connectivity index (χ2n) is 7.50. The lowest BCUT2D eigenvalue weighted by Crippen LogP contribution is -2.09. The molecule has 0 saturated heterocycles. The zero-order chi connectivity index (χ0) is 26.1. The Balaban J connectivity index is 1.80. The minimum absolute atomic E-state index is 0.0270. The predicted octanol–water partition coefficient (Wildman–Crippen LogP) is 6.02. The summed E-state index contributed by atoms with van der Waals surface area (Å²) < 4.78 is 89.5. The molecule has 0 spiro atoms. The van der Waals surface area contributed by atoms with E-state index in [1.807, 2.05) is 0 Å². The molecule has 0 unspecified atom stereocenters. The fourth-order valence-corrected chi connectivity index (χ4v) is 3.44. The molecule has 188 valence electrons. The van der Waals surface area contributed by atoms with Gasteiger partial charge in [0.25, 0.3) is 0 Å². The summed E-state index contributed by atoms with van der Waals surface area (Å²) in [5.74, 6) is -0.0179. The van der Waals surface area contributed by atoms with Crippen LogP contribution in [0.2, 0.25) is 0 Å². The number of alkyl halides is 6. The number of nitrogens with zero attached hydrogens (tertiary/aromatic N) is 4. The first-order chi connectivity index (χ1) is 17.0. The fraction of sp³-hybridized carbons (Fsp3) is 0.217. The van der Waals surface area contributed by atoms with Gasteiger partial charge in [-0.05, 0) is 18.2 Å². The molecule has 4 rings (SSSR count). The van der Waals surface area contributed by atoms with E-state index >= 15 is 0 Å². The molecule has 0 aliphatic rings. The summed E-state index contributed by atoms with van der Waals surface area (Å²) in [5, 5.41) is 3.36. The first-order valence-electron chi connectivity index (χ1n) is 10.2. The summed E-state index contributed by atoms with van der Waals surface area (Å²) in [6.07, 6.45) is -6.63. The van der Waals surface area contributed by atoms with E-state index in [0.29, 0.717) is 28.5 Å². The normalized spacial score (nSPS) is 12.1. The molecule has 7 nitrogen and oxygen atoms in total. The Morgan fingerprint density at radius 1 is 0.861 bits per heavy atom. The molecule has 3 heterocycles. The second kappa shape index (κ2) is 9.57. The summed E-state index contributed by atoms with van der Waals surface area (Å²) in [6.45, 7) is 0.0716. The van der Waals surface area contributed by atoms with Gasteiger partial charge in [-0.25, -0.2) is 9.97 Å². The van der Waals surface area contributed by atoms with Crippen molar-refractivity contribution in [1.82, 2.24) is 19.9 Å². The number of hydrogen-bond donors (Lipinski definition) is 1. The number of ether oxygens (including phenoxy) is 2. The van der Waals surface area contributed by atoms with Gasteiger partial charge in [0.15, 0.2) is 5.69 Å². The van der Waals surface area contributed by atoms with Crippen molar-refractivity contribution in [3.05, 3.63) is 65.9 Å². The molecule has 0 saturated carbocycles. The number of anilines is 2. The highest BCUT2D eigenvalue weighted by Gasteiger charge is 2.35. The van der Waals surface area contributed by atoms with Gasteiger partial charge in [0, 0.05) is 18.1 Å². The van der Waals surface area contributed by atoms with Crippen molar-refractivity contribution < 1.29 is 35.8 Å². The topological polar surface area (TPSA) is 82.0 Å². The zero-order valence-corrected chi connectivity index (χ0v) is 18.7. The van der Waals surface area contributed by atoms with Crippen LogP contribution in [0.4, 0.5) is 37.8 Å². The Morgan fingerprint density at radius 2 is 1.64 bits per heavy atom. The average molecular weight is 509 g/mol. The molecular formula is C23H17F6N5O2. The third kappa shape index (κ3) is 5.30. The van der Waals surface area contributed by atoms with E-state index < -0.39 is 23.6 Å². The van der Waals surface area contributed by atoms with Gasteiger partial charge >= 0.3 is 12.4 Å². The highest BCUT2D eigenvalue weighted by Crippen LogP contribution is 2.39. The van der Waals surface area contributed by atoms with Gasteiger partial charge in [0.05, 0.1) is 60.5 Å². The Bertz CT molecular complexity index is 1390. The van der Waals surface area contributed by atoms with Crippen molar-refractivity contribution in [1.29, 1.82) is 0 Å². The summed E-state index contributed by atoms with van der Waals surface area (Å²) in [4.78, 5) is 15.5. The first-order valence-corrected chi connectivity index (χ1v) is 10.2. The minimum Gasteiger partial charge on any atom is -0.495 e. The van der Waals surface area contributed by atoms with Crippen LogP contribution in [0.3, 0.4) is 0 Å². The van der Waals surface area contributed by atoms with E-state index in [9.17, 15) is 26.3 Å². The molecule has 36 heavy (non-hydrogen) atoms. The number of benzene rings is 1. The maximum Gasteiger partial charge on any atom is 0.434 e. The smallest absolute Gasteiger partial charge is 0.434 e. The van der Waals surface area contributed by atoms with Crippen LogP contribution in [0.5, 0.6) is 5.75 Å². The molecule has 0 amide bonds. The summed E-state index contributed by atoms with van der Waals surface area (Å²) in [5.41, 5.74) is -1.17. The quantitative estimate of drug-likeness (QED) is 0.318. The van der Waals surface area contributed by atoms with Crippen LogP contribution in [0.25, 0.3) is 22.2 Å². The van der Waals surface area contributed by atoms with Crippen LogP contribution in [-0.2, 0) is 23.7 Å². The lowest BCUT2D eigenvalue weighted by Gasteiger charge is -2.15. The number of aromatic nitrogens is 4. The SMILES string of the molecule is COCc1cc(Nc2cnc(C(F)(F)F)cn2)c2ccc(-c3ncc(OC)cc3C(F)(F)F)cc2n1. The van der Waals surface area contributed by atoms with Crippen molar-refractivity contribution >= 4 is 22.4 Å². The van der Waals surface area contributed by atoms with Crippen molar-refractivity contribution in [2.45, 2.75) is 19.0 Å². The van der Waals surface area contributed by atoms with Crippen LogP contribution in [0, 0.1) is 0 Å². The Morgan fingerprint density at radius 3 is 2.25 bits per heavy atom. The maximum atomic E-state index is 13.7. The Labute approximate surface area is 200 Å². The highest BCUT2D eigenvalue weighted by molar-refractivity contribution is 5.95. The van der Waals surface area contributed by atoms with Gasteiger partial charge in [0.2, 0.25) is 0 Å². The van der Waals surface area contributed by atoms with E-state index in [0.717, 1.165) is 12.3 Å². The van der Waals surface area contributed by atoms with Crippen LogP contribution < -0.4 is 10.1 Å². The molecule has 0 atom stereocenters. The molecule has 4 aromatic rings. The van der Waals surface area contributed by atoms with Gasteiger partial charge < -0.3 is 14.8 Å². The fourth-order valence-electron chi connectivity index (χ4n) is 3.44. The number of methoxy groups -OCH3 is 2. The molecule has 1 aromatic carbocycles. The number of hydrogen-bond acceptors (Lipinski definition) is 7.